The Hall–Kier alpha value is -3.12. The van der Waals surface area contributed by atoms with Gasteiger partial charge in [0, 0.05) is 37.0 Å². The predicted molar refractivity (Wildman–Crippen MR) is 110 cm³/mol. The van der Waals surface area contributed by atoms with Gasteiger partial charge >= 0.3 is 5.97 Å². The van der Waals surface area contributed by atoms with E-state index in [1.165, 1.54) is 12.1 Å². The summed E-state index contributed by atoms with van der Waals surface area (Å²) in [6.07, 6.45) is 0.948. The fourth-order valence-electron chi connectivity index (χ4n) is 3.18. The van der Waals surface area contributed by atoms with Gasteiger partial charge in [-0.15, -0.1) is 0 Å². The van der Waals surface area contributed by atoms with Crippen molar-refractivity contribution < 1.29 is 19.0 Å². The minimum atomic E-state index is -1.31. The van der Waals surface area contributed by atoms with Gasteiger partial charge in [-0.25, -0.2) is 19.2 Å². The van der Waals surface area contributed by atoms with Crippen molar-refractivity contribution in [3.8, 4) is 11.8 Å². The first kappa shape index (κ1) is 21.6. The molecule has 3 rings (SSSR count). The average molecular weight is 434 g/mol. The van der Waals surface area contributed by atoms with E-state index in [0.29, 0.717) is 42.6 Å². The van der Waals surface area contributed by atoms with Gasteiger partial charge in [0.2, 0.25) is 0 Å². The normalized spacial score (nSPS) is 14.5. The zero-order chi connectivity index (χ0) is 21.8. The molecular formula is C20H21ClFN5O3. The Labute approximate surface area is 178 Å². The molecule has 10 heteroatoms. The maximum absolute atomic E-state index is 14.0. The van der Waals surface area contributed by atoms with E-state index in [1.54, 1.807) is 12.1 Å². The van der Waals surface area contributed by atoms with Gasteiger partial charge in [-0.05, 0) is 32.0 Å². The minimum absolute atomic E-state index is 0.00835. The summed E-state index contributed by atoms with van der Waals surface area (Å²) in [5.41, 5.74) is -0.630. The number of nitrogens with zero attached hydrogens (tertiary/aromatic N) is 4. The number of carboxylic acid groups (broad SMARTS) is 1. The Kier molecular flexibility index (Phi) is 6.57. The number of hydrogen-bond acceptors (Lipinski definition) is 7. The van der Waals surface area contributed by atoms with E-state index in [1.807, 2.05) is 18.7 Å². The molecular weight excluding hydrogens is 413 g/mol. The molecule has 1 fully saturated rings. The summed E-state index contributed by atoms with van der Waals surface area (Å²) in [6.45, 7) is 4.82. The van der Waals surface area contributed by atoms with Crippen LogP contribution in [0.4, 0.5) is 16.0 Å². The van der Waals surface area contributed by atoms with Crippen molar-refractivity contribution in [2.75, 3.05) is 23.3 Å². The summed E-state index contributed by atoms with van der Waals surface area (Å²) in [5, 5.41) is 22.0. The highest BCUT2D eigenvalue weighted by molar-refractivity contribution is 6.30. The molecule has 0 unspecified atom stereocenters. The lowest BCUT2D eigenvalue weighted by Gasteiger charge is -2.34. The van der Waals surface area contributed by atoms with Crippen LogP contribution in [0.3, 0.4) is 0 Å². The number of nitriles is 1. The second-order valence-corrected chi connectivity index (χ2v) is 7.62. The topological polar surface area (TPSA) is 111 Å². The van der Waals surface area contributed by atoms with Gasteiger partial charge in [0.1, 0.15) is 12.2 Å². The van der Waals surface area contributed by atoms with Gasteiger partial charge in [0.05, 0.1) is 0 Å². The average Bonchev–Trinajstić information content (AvgIpc) is 2.70. The number of aromatic carboxylic acids is 1. The molecule has 0 saturated carbocycles. The Morgan fingerprint density at radius 3 is 2.67 bits per heavy atom. The molecule has 0 aliphatic carbocycles. The number of rotatable bonds is 6. The highest BCUT2D eigenvalue weighted by Crippen LogP contribution is 2.29. The number of ether oxygens (including phenoxy) is 1. The molecule has 0 amide bonds. The minimum Gasteiger partial charge on any atom is -0.487 e. The number of nitrogens with one attached hydrogen (secondary N) is 1. The molecule has 1 saturated heterocycles. The molecule has 2 heterocycles. The Morgan fingerprint density at radius 2 is 2.10 bits per heavy atom. The molecule has 158 valence electrons. The van der Waals surface area contributed by atoms with Crippen molar-refractivity contribution >= 4 is 29.2 Å². The van der Waals surface area contributed by atoms with Gasteiger partial charge in [-0.1, -0.05) is 11.6 Å². The summed E-state index contributed by atoms with van der Waals surface area (Å²) >= 11 is 5.77. The maximum atomic E-state index is 14.0. The first-order valence-corrected chi connectivity index (χ1v) is 9.85. The molecule has 2 N–H and O–H groups in total. The standard InChI is InChI=1S/C20H21ClFN5O3/c1-11(2)24-18-19(26-17(20(28)29)15(10-23)25-18)27-7-5-13(6-8-27)30-16-4-3-12(21)9-14(16)22/h3-4,9,11,13H,5-8H2,1-2H3,(H,24,25)(H,28,29). The van der Waals surface area contributed by atoms with Crippen LogP contribution in [-0.4, -0.2) is 46.3 Å². The van der Waals surface area contributed by atoms with Crippen molar-refractivity contribution in [1.82, 2.24) is 9.97 Å². The van der Waals surface area contributed by atoms with Crippen LogP contribution in [0.2, 0.25) is 5.02 Å². The van der Waals surface area contributed by atoms with Gasteiger partial charge in [-0.3, -0.25) is 0 Å². The highest BCUT2D eigenvalue weighted by atomic mass is 35.5. The van der Waals surface area contributed by atoms with Crippen molar-refractivity contribution in [3.63, 3.8) is 0 Å². The van der Waals surface area contributed by atoms with E-state index in [9.17, 15) is 19.6 Å². The third kappa shape index (κ3) is 4.89. The molecule has 1 aliphatic heterocycles. The molecule has 0 radical (unpaired) electrons. The molecule has 0 spiro atoms. The second-order valence-electron chi connectivity index (χ2n) is 7.19. The van der Waals surface area contributed by atoms with E-state index in [4.69, 9.17) is 16.3 Å². The van der Waals surface area contributed by atoms with Crippen LogP contribution >= 0.6 is 11.6 Å². The van der Waals surface area contributed by atoms with E-state index < -0.39 is 11.8 Å². The lowest BCUT2D eigenvalue weighted by Crippen LogP contribution is -2.39. The fourth-order valence-corrected chi connectivity index (χ4v) is 3.34. The van der Waals surface area contributed by atoms with Crippen LogP contribution in [0.1, 0.15) is 42.9 Å². The van der Waals surface area contributed by atoms with E-state index >= 15 is 0 Å². The molecule has 8 nitrogen and oxygen atoms in total. The van der Waals surface area contributed by atoms with E-state index in [0.717, 1.165) is 0 Å². The summed E-state index contributed by atoms with van der Waals surface area (Å²) in [5.74, 6) is -0.956. The Bertz CT molecular complexity index is 987. The highest BCUT2D eigenvalue weighted by Gasteiger charge is 2.27. The number of carboxylic acids is 1. The third-order valence-corrected chi connectivity index (χ3v) is 4.78. The van der Waals surface area contributed by atoms with Gasteiger partial charge in [0.25, 0.3) is 0 Å². The Morgan fingerprint density at radius 1 is 1.40 bits per heavy atom. The lowest BCUT2D eigenvalue weighted by atomic mass is 10.1. The quantitative estimate of drug-likeness (QED) is 0.709. The molecule has 2 aromatic rings. The van der Waals surface area contributed by atoms with E-state index in [-0.39, 0.29) is 29.3 Å². The largest absolute Gasteiger partial charge is 0.487 e. The predicted octanol–water partition coefficient (Wildman–Crippen LogP) is 3.71. The number of piperidine rings is 1. The fraction of sp³-hybridized carbons (Fsp3) is 0.400. The van der Waals surface area contributed by atoms with Crippen molar-refractivity contribution in [3.05, 3.63) is 40.4 Å². The number of anilines is 2. The Balaban J connectivity index is 1.79. The van der Waals surface area contributed by atoms with Crippen LogP contribution in [0.5, 0.6) is 5.75 Å². The SMILES string of the molecule is CC(C)Nc1nc(C#N)c(C(=O)O)nc1N1CCC(Oc2ccc(Cl)cc2F)CC1. The van der Waals surface area contributed by atoms with Gasteiger partial charge in [-0.2, -0.15) is 5.26 Å². The van der Waals surface area contributed by atoms with E-state index in [2.05, 4.69) is 15.3 Å². The maximum Gasteiger partial charge on any atom is 0.357 e. The lowest BCUT2D eigenvalue weighted by molar-refractivity contribution is 0.0689. The molecule has 0 atom stereocenters. The van der Waals surface area contributed by atoms with Crippen LogP contribution in [0.25, 0.3) is 0 Å². The van der Waals surface area contributed by atoms with Crippen LogP contribution < -0.4 is 15.0 Å². The van der Waals surface area contributed by atoms with Crippen molar-refractivity contribution in [2.24, 2.45) is 0 Å². The van der Waals surface area contributed by atoms with Crippen molar-refractivity contribution in [2.45, 2.75) is 38.8 Å². The first-order valence-electron chi connectivity index (χ1n) is 9.47. The number of aromatic nitrogens is 2. The summed E-state index contributed by atoms with van der Waals surface area (Å²) in [4.78, 5) is 21.8. The molecule has 30 heavy (non-hydrogen) atoms. The number of carbonyl (C=O) groups is 1. The smallest absolute Gasteiger partial charge is 0.357 e. The number of hydrogen-bond donors (Lipinski definition) is 2. The van der Waals surface area contributed by atoms with Crippen LogP contribution in [-0.2, 0) is 0 Å². The zero-order valence-corrected chi connectivity index (χ0v) is 17.3. The van der Waals surface area contributed by atoms with Gasteiger partial charge < -0.3 is 20.1 Å². The summed E-state index contributed by atoms with van der Waals surface area (Å²) in [6, 6.07) is 6.07. The molecule has 1 aromatic heterocycles. The zero-order valence-electron chi connectivity index (χ0n) is 16.5. The number of halogens is 2. The monoisotopic (exact) mass is 433 g/mol. The second kappa shape index (κ2) is 9.13. The van der Waals surface area contributed by atoms with Gasteiger partial charge in [0.15, 0.2) is 34.6 Å². The van der Waals surface area contributed by atoms with Crippen LogP contribution in [0, 0.1) is 17.1 Å². The first-order chi connectivity index (χ1) is 14.3. The third-order valence-electron chi connectivity index (χ3n) is 4.54. The van der Waals surface area contributed by atoms with Crippen LogP contribution in [0.15, 0.2) is 18.2 Å². The summed E-state index contributed by atoms with van der Waals surface area (Å²) in [7, 11) is 0. The molecule has 0 bridgehead atoms. The van der Waals surface area contributed by atoms with Crippen molar-refractivity contribution in [1.29, 1.82) is 5.26 Å². The molecule has 1 aromatic carbocycles. The number of benzene rings is 1. The summed E-state index contributed by atoms with van der Waals surface area (Å²) < 4.78 is 19.8. The molecule has 1 aliphatic rings.